The van der Waals surface area contributed by atoms with Crippen LogP contribution in [0.5, 0.6) is 0 Å². The van der Waals surface area contributed by atoms with Crippen LogP contribution in [-0.2, 0) is 32.7 Å². The van der Waals surface area contributed by atoms with E-state index in [0.29, 0.717) is 6.42 Å². The Kier molecular flexibility index (Phi) is 62.9. The van der Waals surface area contributed by atoms with Crippen LogP contribution in [0.1, 0.15) is 354 Å². The molecule has 0 aromatic carbocycles. The van der Waals surface area contributed by atoms with Crippen molar-refractivity contribution in [2.24, 2.45) is 5.73 Å². The maximum absolute atomic E-state index is 12.7. The van der Waals surface area contributed by atoms with Crippen molar-refractivity contribution in [1.82, 2.24) is 0 Å². The average Bonchev–Trinajstić information content (AvgIpc) is 3.43. The zero-order valence-corrected chi connectivity index (χ0v) is 52.6. The lowest BCUT2D eigenvalue weighted by Gasteiger charge is -2.19. The van der Waals surface area contributed by atoms with Crippen molar-refractivity contribution in [3.63, 3.8) is 0 Å². The summed E-state index contributed by atoms with van der Waals surface area (Å²) in [5.41, 5.74) is 5.39. The van der Waals surface area contributed by atoms with E-state index in [1.54, 1.807) is 0 Å². The summed E-state index contributed by atoms with van der Waals surface area (Å²) in [6.07, 6.45) is 79.9. The highest BCUT2D eigenvalue weighted by atomic mass is 31.2. The van der Waals surface area contributed by atoms with Gasteiger partial charge in [0.05, 0.1) is 13.2 Å². The van der Waals surface area contributed by atoms with Crippen molar-refractivity contribution in [2.45, 2.75) is 360 Å². The monoisotopic (exact) mass is 1120 g/mol. The van der Waals surface area contributed by atoms with Crippen LogP contribution >= 0.6 is 7.82 Å². The van der Waals surface area contributed by atoms with Crippen LogP contribution in [-0.4, -0.2) is 49.3 Å². The molecule has 0 aromatic heterocycles. The molecule has 2 unspecified atom stereocenters. The molecule has 0 amide bonds. The van der Waals surface area contributed by atoms with E-state index in [1.807, 2.05) is 0 Å². The number of nitrogens with two attached hydrogens (primary N) is 1. The Hall–Kier alpha value is -1.77. The van der Waals surface area contributed by atoms with Gasteiger partial charge in [-0.3, -0.25) is 18.6 Å². The number of phosphoric ester groups is 1. The van der Waals surface area contributed by atoms with Gasteiger partial charge in [-0.15, -0.1) is 0 Å². The van der Waals surface area contributed by atoms with Crippen LogP contribution < -0.4 is 5.73 Å². The third kappa shape index (κ3) is 63.4. The van der Waals surface area contributed by atoms with Gasteiger partial charge < -0.3 is 20.1 Å². The summed E-state index contributed by atoms with van der Waals surface area (Å²) in [5, 5.41) is 0. The fourth-order valence-electron chi connectivity index (χ4n) is 10.3. The molecule has 10 heteroatoms. The van der Waals surface area contributed by atoms with E-state index >= 15 is 0 Å². The summed E-state index contributed by atoms with van der Waals surface area (Å²) in [7, 11) is -4.39. The predicted molar refractivity (Wildman–Crippen MR) is 335 cm³/mol. The molecular formula is C68H130NO8P. The first kappa shape index (κ1) is 76.2. The zero-order valence-electron chi connectivity index (χ0n) is 51.7. The highest BCUT2D eigenvalue weighted by Crippen LogP contribution is 2.43. The molecule has 0 heterocycles. The molecule has 2 atom stereocenters. The van der Waals surface area contributed by atoms with Gasteiger partial charge in [0, 0.05) is 19.4 Å². The van der Waals surface area contributed by atoms with Crippen molar-refractivity contribution >= 4 is 19.8 Å². The zero-order chi connectivity index (χ0) is 56.6. The van der Waals surface area contributed by atoms with E-state index in [4.69, 9.17) is 24.3 Å². The fourth-order valence-corrected chi connectivity index (χ4v) is 11.1. The maximum atomic E-state index is 12.7. The van der Waals surface area contributed by atoms with Gasteiger partial charge in [0.25, 0.3) is 0 Å². The van der Waals surface area contributed by atoms with E-state index in [9.17, 15) is 19.0 Å². The van der Waals surface area contributed by atoms with E-state index in [0.717, 1.165) is 64.2 Å². The van der Waals surface area contributed by atoms with Gasteiger partial charge in [0.15, 0.2) is 6.10 Å². The van der Waals surface area contributed by atoms with Gasteiger partial charge in [-0.1, -0.05) is 333 Å². The second-order valence-corrected chi connectivity index (χ2v) is 24.5. The second-order valence-electron chi connectivity index (χ2n) is 23.0. The Morgan fingerprint density at radius 1 is 0.397 bits per heavy atom. The Balaban J connectivity index is 3.71. The minimum Gasteiger partial charge on any atom is -0.462 e. The Morgan fingerprint density at radius 2 is 0.705 bits per heavy atom. The maximum Gasteiger partial charge on any atom is 0.472 e. The molecule has 0 bridgehead atoms. The molecule has 0 spiro atoms. The van der Waals surface area contributed by atoms with Gasteiger partial charge in [-0.05, 0) is 44.9 Å². The number of hydrogen-bond donors (Lipinski definition) is 2. The SMILES string of the molecule is CC/C=C\C/C=C\C/C=C\CCCCCCCCCC(=O)OC(COC(=O)CCCCCCCCCCCCCCCCCCCCCCCCCCCCCCCCCCCCCCCCCC)COP(=O)(O)OCCN. The van der Waals surface area contributed by atoms with Crippen LogP contribution in [0.15, 0.2) is 36.5 Å². The van der Waals surface area contributed by atoms with Crippen molar-refractivity contribution in [1.29, 1.82) is 0 Å². The number of ether oxygens (including phenoxy) is 2. The Labute approximate surface area is 484 Å². The van der Waals surface area contributed by atoms with E-state index < -0.39 is 26.5 Å². The van der Waals surface area contributed by atoms with Crippen LogP contribution in [0.2, 0.25) is 0 Å². The molecule has 0 radical (unpaired) electrons. The summed E-state index contributed by atoms with van der Waals surface area (Å²) in [4.78, 5) is 35.2. The second kappa shape index (κ2) is 64.4. The first-order valence-electron chi connectivity index (χ1n) is 34.0. The molecule has 0 aliphatic rings. The first-order chi connectivity index (χ1) is 38.3. The van der Waals surface area contributed by atoms with E-state index in [-0.39, 0.29) is 38.6 Å². The lowest BCUT2D eigenvalue weighted by Crippen LogP contribution is -2.29. The highest BCUT2D eigenvalue weighted by Gasteiger charge is 2.26. The van der Waals surface area contributed by atoms with Crippen molar-refractivity contribution in [2.75, 3.05) is 26.4 Å². The molecule has 0 saturated heterocycles. The van der Waals surface area contributed by atoms with Crippen LogP contribution in [0.4, 0.5) is 0 Å². The molecule has 0 fully saturated rings. The standard InChI is InChI=1S/C68H130NO8P/c1-3-5-7-9-11-13-15-17-19-21-22-23-24-25-26-27-28-29-30-31-32-33-34-35-36-37-38-39-40-41-42-43-45-46-48-50-52-54-56-58-60-67(70)74-64-66(65-76-78(72,73)75-63-62-69)77-68(71)61-59-57-55-53-51-49-47-44-20-18-16-14-12-10-8-6-4-2/h6,8,12,14,18,20,66H,3-5,7,9-11,13,15-17,19,21-65,69H2,1-2H3,(H,72,73)/b8-6-,14-12-,20-18-. The molecular weight excluding hydrogens is 990 g/mol. The summed E-state index contributed by atoms with van der Waals surface area (Å²) >= 11 is 0. The smallest absolute Gasteiger partial charge is 0.462 e. The van der Waals surface area contributed by atoms with Gasteiger partial charge >= 0.3 is 19.8 Å². The van der Waals surface area contributed by atoms with Crippen molar-refractivity contribution in [3.8, 4) is 0 Å². The van der Waals surface area contributed by atoms with Crippen molar-refractivity contribution in [3.05, 3.63) is 36.5 Å². The normalized spacial score (nSPS) is 13.1. The van der Waals surface area contributed by atoms with Gasteiger partial charge in [-0.2, -0.15) is 0 Å². The summed E-state index contributed by atoms with van der Waals surface area (Å²) < 4.78 is 33.1. The number of unbranched alkanes of at least 4 members (excludes halogenated alkanes) is 46. The van der Waals surface area contributed by atoms with Gasteiger partial charge in [0.1, 0.15) is 6.61 Å². The number of rotatable bonds is 65. The molecule has 0 rings (SSSR count). The molecule has 460 valence electrons. The third-order valence-electron chi connectivity index (χ3n) is 15.3. The van der Waals surface area contributed by atoms with Crippen LogP contribution in [0, 0.1) is 0 Å². The summed E-state index contributed by atoms with van der Waals surface area (Å²) in [5.74, 6) is -0.824. The molecule has 9 nitrogen and oxygen atoms in total. The number of allylic oxidation sites excluding steroid dienone is 6. The summed E-state index contributed by atoms with van der Waals surface area (Å²) in [6.45, 7) is 3.67. The molecule has 0 saturated carbocycles. The topological polar surface area (TPSA) is 134 Å². The summed E-state index contributed by atoms with van der Waals surface area (Å²) in [6, 6.07) is 0. The molecule has 0 aliphatic heterocycles. The number of esters is 2. The molecule has 0 aliphatic carbocycles. The Morgan fingerprint density at radius 3 is 1.05 bits per heavy atom. The van der Waals surface area contributed by atoms with Crippen LogP contribution in [0.3, 0.4) is 0 Å². The first-order valence-corrected chi connectivity index (χ1v) is 35.5. The lowest BCUT2D eigenvalue weighted by atomic mass is 10.0. The van der Waals surface area contributed by atoms with Crippen LogP contribution in [0.25, 0.3) is 0 Å². The minimum atomic E-state index is -4.39. The fraction of sp³-hybridized carbons (Fsp3) is 0.882. The highest BCUT2D eigenvalue weighted by molar-refractivity contribution is 7.47. The third-order valence-corrected chi connectivity index (χ3v) is 16.3. The molecule has 0 aromatic rings. The van der Waals surface area contributed by atoms with Gasteiger partial charge in [0.2, 0.25) is 0 Å². The number of hydrogen-bond acceptors (Lipinski definition) is 8. The number of phosphoric acid groups is 1. The minimum absolute atomic E-state index is 0.0525. The van der Waals surface area contributed by atoms with E-state index in [2.05, 4.69) is 50.3 Å². The molecule has 78 heavy (non-hydrogen) atoms. The van der Waals surface area contributed by atoms with Crippen molar-refractivity contribution < 1.29 is 37.6 Å². The van der Waals surface area contributed by atoms with E-state index in [1.165, 1.54) is 257 Å². The number of carbonyl (C=O) groups excluding carboxylic acids is 2. The average molecular weight is 1120 g/mol. The molecule has 3 N–H and O–H groups in total. The largest absolute Gasteiger partial charge is 0.472 e. The lowest BCUT2D eigenvalue weighted by molar-refractivity contribution is -0.161. The number of carbonyl (C=O) groups is 2. The predicted octanol–water partition coefficient (Wildman–Crippen LogP) is 21.9. The van der Waals surface area contributed by atoms with Gasteiger partial charge in [-0.25, -0.2) is 4.57 Å². The Bertz CT molecular complexity index is 1370. The quantitative estimate of drug-likeness (QED) is 0.0264.